The molecule has 0 saturated heterocycles. The fourth-order valence-corrected chi connectivity index (χ4v) is 7.96. The van der Waals surface area contributed by atoms with E-state index >= 15 is 0 Å². The van der Waals surface area contributed by atoms with Crippen molar-refractivity contribution < 1.29 is 25.8 Å². The van der Waals surface area contributed by atoms with Gasteiger partial charge in [-0.05, 0) is 54.1 Å². The van der Waals surface area contributed by atoms with E-state index < -0.39 is 18.9 Å². The molecule has 0 aliphatic carbocycles. The van der Waals surface area contributed by atoms with Crippen LogP contribution in [-0.2, 0) is 6.16 Å². The molecule has 4 aromatic rings. The fraction of sp³-hybridized carbons (Fsp3) is 0.0400. The SMILES string of the molecule is Fc1cc(F)cc(C[P+](c2ccccc2)(c2ccccc2)c2ccccc2)c1.[Br-]. The summed E-state index contributed by atoms with van der Waals surface area (Å²) in [5, 5.41) is 3.58. The van der Waals surface area contributed by atoms with Crippen molar-refractivity contribution in [2.75, 3.05) is 0 Å². The molecule has 0 spiro atoms. The molecule has 0 atom stereocenters. The summed E-state index contributed by atoms with van der Waals surface area (Å²) < 4.78 is 28.0. The predicted octanol–water partition coefficient (Wildman–Crippen LogP) is 2.46. The lowest BCUT2D eigenvalue weighted by molar-refractivity contribution is -0.00000678. The maximum absolute atomic E-state index is 14.0. The zero-order valence-electron chi connectivity index (χ0n) is 15.7. The molecule has 0 unspecified atom stereocenters. The highest BCUT2D eigenvalue weighted by atomic mass is 79.9. The molecule has 0 aromatic heterocycles. The van der Waals surface area contributed by atoms with Crippen molar-refractivity contribution in [3.63, 3.8) is 0 Å². The molecule has 0 radical (unpaired) electrons. The molecular formula is C25H20BrF2P. The van der Waals surface area contributed by atoms with E-state index in [1.807, 2.05) is 54.6 Å². The number of hydrogen-bond donors (Lipinski definition) is 0. The summed E-state index contributed by atoms with van der Waals surface area (Å²) in [7, 11) is -2.15. The lowest BCUT2D eigenvalue weighted by atomic mass is 10.2. The van der Waals surface area contributed by atoms with Gasteiger partial charge < -0.3 is 17.0 Å². The standard InChI is InChI=1S/C25H20F2P.BrH/c26-21-16-20(17-22(27)18-21)19-28(23-10-4-1-5-11-23,24-12-6-2-7-13-24)25-14-8-3-9-15-25;/h1-18H,19H2;1H/q+1;/p-1. The van der Waals surface area contributed by atoms with Gasteiger partial charge in [0, 0.05) is 6.07 Å². The third-order valence-electron chi connectivity index (χ3n) is 4.93. The molecule has 0 saturated carbocycles. The summed E-state index contributed by atoms with van der Waals surface area (Å²) in [4.78, 5) is 0. The third kappa shape index (κ3) is 4.47. The highest BCUT2D eigenvalue weighted by Gasteiger charge is 2.45. The van der Waals surface area contributed by atoms with Crippen molar-refractivity contribution in [3.05, 3.63) is 126 Å². The zero-order chi connectivity index (χ0) is 19.4. The smallest absolute Gasteiger partial charge is 0.126 e. The first kappa shape index (κ1) is 21.4. The van der Waals surface area contributed by atoms with Crippen molar-refractivity contribution in [1.29, 1.82) is 0 Å². The van der Waals surface area contributed by atoms with Crippen LogP contribution in [-0.4, -0.2) is 0 Å². The van der Waals surface area contributed by atoms with Crippen LogP contribution >= 0.6 is 7.26 Å². The molecule has 146 valence electrons. The maximum Gasteiger partial charge on any atom is 0.126 e. The molecule has 0 nitrogen and oxygen atoms in total. The van der Waals surface area contributed by atoms with Crippen LogP contribution in [0.4, 0.5) is 8.78 Å². The van der Waals surface area contributed by atoms with Gasteiger partial charge in [0.25, 0.3) is 0 Å². The first-order valence-corrected chi connectivity index (χ1v) is 11.2. The van der Waals surface area contributed by atoms with Crippen molar-refractivity contribution in [3.8, 4) is 0 Å². The van der Waals surface area contributed by atoms with Crippen molar-refractivity contribution >= 4 is 23.2 Å². The summed E-state index contributed by atoms with van der Waals surface area (Å²) in [5.41, 5.74) is 0.669. The zero-order valence-corrected chi connectivity index (χ0v) is 18.2. The largest absolute Gasteiger partial charge is 1.00 e. The van der Waals surface area contributed by atoms with Gasteiger partial charge in [-0.15, -0.1) is 0 Å². The van der Waals surface area contributed by atoms with Crippen molar-refractivity contribution in [1.82, 2.24) is 0 Å². The van der Waals surface area contributed by atoms with Crippen LogP contribution in [0.2, 0.25) is 0 Å². The average Bonchev–Trinajstić information content (AvgIpc) is 2.73. The summed E-state index contributed by atoms with van der Waals surface area (Å²) in [6, 6.07) is 34.8. The fourth-order valence-electron chi connectivity index (χ4n) is 3.74. The lowest BCUT2D eigenvalue weighted by Gasteiger charge is -2.27. The Bertz CT molecular complexity index is 937. The van der Waals surface area contributed by atoms with Gasteiger partial charge in [0.15, 0.2) is 0 Å². The molecule has 0 aliphatic rings. The van der Waals surface area contributed by atoms with E-state index in [2.05, 4.69) is 36.4 Å². The summed E-state index contributed by atoms with van der Waals surface area (Å²) in [6.07, 6.45) is 0.555. The monoisotopic (exact) mass is 468 g/mol. The number of halogens is 3. The van der Waals surface area contributed by atoms with Crippen LogP contribution in [0.5, 0.6) is 0 Å². The lowest BCUT2D eigenvalue weighted by Crippen LogP contribution is -3.00. The quantitative estimate of drug-likeness (QED) is 0.394. The summed E-state index contributed by atoms with van der Waals surface area (Å²) in [6.45, 7) is 0. The Labute approximate surface area is 181 Å². The Kier molecular flexibility index (Phi) is 6.95. The predicted molar refractivity (Wildman–Crippen MR) is 115 cm³/mol. The van der Waals surface area contributed by atoms with E-state index in [1.54, 1.807) is 0 Å². The van der Waals surface area contributed by atoms with E-state index in [0.717, 1.165) is 6.07 Å². The number of benzene rings is 4. The highest BCUT2D eigenvalue weighted by molar-refractivity contribution is 7.95. The molecule has 29 heavy (non-hydrogen) atoms. The first-order valence-electron chi connectivity index (χ1n) is 9.18. The van der Waals surface area contributed by atoms with Gasteiger partial charge in [0.05, 0.1) is 6.16 Å². The maximum atomic E-state index is 14.0. The van der Waals surface area contributed by atoms with Crippen LogP contribution < -0.4 is 32.9 Å². The van der Waals surface area contributed by atoms with Crippen LogP contribution in [0, 0.1) is 11.6 Å². The molecule has 0 N–H and O–H groups in total. The summed E-state index contributed by atoms with van der Waals surface area (Å²) >= 11 is 0. The van der Waals surface area contributed by atoms with E-state index in [9.17, 15) is 8.78 Å². The first-order chi connectivity index (χ1) is 13.7. The van der Waals surface area contributed by atoms with Gasteiger partial charge in [0.1, 0.15) is 34.8 Å². The topological polar surface area (TPSA) is 0 Å². The summed E-state index contributed by atoms with van der Waals surface area (Å²) in [5.74, 6) is -1.08. The average molecular weight is 469 g/mol. The number of rotatable bonds is 5. The molecule has 4 heteroatoms. The molecule has 0 fully saturated rings. The Hall–Kier alpha value is -2.35. The minimum atomic E-state index is -2.15. The van der Waals surface area contributed by atoms with Gasteiger partial charge in [0.2, 0.25) is 0 Å². The second-order valence-corrected chi connectivity index (χ2v) is 10.2. The van der Waals surface area contributed by atoms with E-state index in [0.29, 0.717) is 11.7 Å². The van der Waals surface area contributed by atoms with Gasteiger partial charge >= 0.3 is 0 Å². The van der Waals surface area contributed by atoms with Crippen molar-refractivity contribution in [2.24, 2.45) is 0 Å². The van der Waals surface area contributed by atoms with Crippen LogP contribution in [0.15, 0.2) is 109 Å². The second-order valence-electron chi connectivity index (χ2n) is 6.75. The molecule has 4 aromatic carbocycles. The van der Waals surface area contributed by atoms with Gasteiger partial charge in [-0.25, -0.2) is 8.78 Å². The Morgan fingerprint density at radius 1 is 0.517 bits per heavy atom. The van der Waals surface area contributed by atoms with E-state index in [4.69, 9.17) is 0 Å². The second kappa shape index (κ2) is 9.43. The van der Waals surface area contributed by atoms with Crippen LogP contribution in [0.1, 0.15) is 5.56 Å². The van der Waals surface area contributed by atoms with E-state index in [1.165, 1.54) is 28.0 Å². The van der Waals surface area contributed by atoms with Crippen LogP contribution in [0.3, 0.4) is 0 Å². The number of hydrogen-bond acceptors (Lipinski definition) is 0. The molecule has 0 amide bonds. The third-order valence-corrected chi connectivity index (χ3v) is 9.31. The van der Waals surface area contributed by atoms with Gasteiger partial charge in [-0.1, -0.05) is 54.6 Å². The molecule has 0 bridgehead atoms. The Morgan fingerprint density at radius 3 is 1.21 bits per heavy atom. The van der Waals surface area contributed by atoms with Crippen LogP contribution in [0.25, 0.3) is 0 Å². The van der Waals surface area contributed by atoms with Crippen molar-refractivity contribution in [2.45, 2.75) is 6.16 Å². The molecule has 0 aliphatic heterocycles. The highest BCUT2D eigenvalue weighted by Crippen LogP contribution is 2.58. The van der Waals surface area contributed by atoms with E-state index in [-0.39, 0.29) is 17.0 Å². The molecule has 4 rings (SSSR count). The molecular weight excluding hydrogens is 449 g/mol. The van der Waals surface area contributed by atoms with Gasteiger partial charge in [-0.2, -0.15) is 0 Å². The Balaban J connectivity index is 0.00000240. The minimum absolute atomic E-state index is 0. The minimum Gasteiger partial charge on any atom is -1.00 e. The Morgan fingerprint density at radius 2 is 0.862 bits per heavy atom. The van der Waals surface area contributed by atoms with Gasteiger partial charge in [-0.3, -0.25) is 0 Å². The molecule has 0 heterocycles. The normalized spacial score (nSPS) is 11.0.